The van der Waals surface area contributed by atoms with E-state index in [4.69, 9.17) is 4.74 Å². The summed E-state index contributed by atoms with van der Waals surface area (Å²) in [5, 5.41) is 0. The van der Waals surface area contributed by atoms with Crippen LogP contribution in [0, 0.1) is 0 Å². The predicted octanol–water partition coefficient (Wildman–Crippen LogP) is 3.41. The lowest BCUT2D eigenvalue weighted by Crippen LogP contribution is -2.21. The van der Waals surface area contributed by atoms with Crippen molar-refractivity contribution in [3.05, 3.63) is 64.7 Å². The molecule has 0 atom stereocenters. The minimum Gasteiger partial charge on any atom is -0.465 e. The quantitative estimate of drug-likeness (QED) is 0.810. The van der Waals surface area contributed by atoms with E-state index in [1.54, 1.807) is 0 Å². The van der Waals surface area contributed by atoms with Crippen LogP contribution in [0.25, 0.3) is 0 Å². The molecule has 1 aliphatic rings. The van der Waals surface area contributed by atoms with Gasteiger partial charge in [-0.25, -0.2) is 9.79 Å². The molecular formula is C20H22N2O2. The number of aryl methyl sites for hydroxylation is 2. The molecular weight excluding hydrogens is 300 g/mol. The standard InChI is InChI=1S/C20H22N2O2/c1-22(2)19-13-17-12-15(8-11-18(17)21-19)5-4-14-6-9-16(10-7-14)20(23)24-3/h6-12H,4-5,13H2,1-3H3. The molecule has 0 fully saturated rings. The van der Waals surface area contributed by atoms with Gasteiger partial charge in [-0.1, -0.05) is 24.3 Å². The molecule has 0 amide bonds. The third-order valence-corrected chi connectivity index (χ3v) is 4.34. The second kappa shape index (κ2) is 6.87. The second-order valence-electron chi connectivity index (χ2n) is 6.25. The van der Waals surface area contributed by atoms with Crippen molar-refractivity contribution in [2.24, 2.45) is 4.99 Å². The summed E-state index contributed by atoms with van der Waals surface area (Å²) in [6, 6.07) is 14.2. The molecule has 0 saturated heterocycles. The molecule has 4 heteroatoms. The molecule has 0 N–H and O–H groups in total. The molecule has 24 heavy (non-hydrogen) atoms. The first-order valence-electron chi connectivity index (χ1n) is 8.11. The van der Waals surface area contributed by atoms with Crippen LogP contribution in [0.5, 0.6) is 0 Å². The van der Waals surface area contributed by atoms with Crippen LogP contribution in [0.2, 0.25) is 0 Å². The molecule has 0 saturated carbocycles. The van der Waals surface area contributed by atoms with E-state index < -0.39 is 0 Å². The summed E-state index contributed by atoms with van der Waals surface area (Å²) in [5.74, 6) is 0.817. The van der Waals surface area contributed by atoms with Gasteiger partial charge in [0, 0.05) is 20.5 Å². The number of likely N-dealkylation sites (N-methyl/N-ethyl adjacent to an activating group) is 1. The summed E-state index contributed by atoms with van der Waals surface area (Å²) in [6.07, 6.45) is 2.83. The van der Waals surface area contributed by atoms with Crippen molar-refractivity contribution in [2.45, 2.75) is 19.3 Å². The van der Waals surface area contributed by atoms with Crippen molar-refractivity contribution in [3.63, 3.8) is 0 Å². The van der Waals surface area contributed by atoms with Crippen LogP contribution in [-0.4, -0.2) is 37.9 Å². The number of nitrogens with zero attached hydrogens (tertiary/aromatic N) is 2. The van der Waals surface area contributed by atoms with Gasteiger partial charge in [-0.2, -0.15) is 0 Å². The first kappa shape index (κ1) is 16.2. The Morgan fingerprint density at radius 1 is 1.08 bits per heavy atom. The van der Waals surface area contributed by atoms with E-state index in [2.05, 4.69) is 28.1 Å². The zero-order chi connectivity index (χ0) is 17.1. The number of methoxy groups -OCH3 is 1. The Morgan fingerprint density at radius 2 is 1.75 bits per heavy atom. The summed E-state index contributed by atoms with van der Waals surface area (Å²) in [5.41, 5.74) is 5.52. The van der Waals surface area contributed by atoms with E-state index in [1.807, 2.05) is 38.4 Å². The van der Waals surface area contributed by atoms with Gasteiger partial charge in [0.05, 0.1) is 18.4 Å². The Labute approximate surface area is 142 Å². The summed E-state index contributed by atoms with van der Waals surface area (Å²) in [6.45, 7) is 0. The minimum absolute atomic E-state index is 0.295. The van der Waals surface area contributed by atoms with Gasteiger partial charge in [-0.3, -0.25) is 0 Å². The number of carbonyl (C=O) groups excluding carboxylic acids is 1. The lowest BCUT2D eigenvalue weighted by molar-refractivity contribution is 0.0600. The first-order valence-corrected chi connectivity index (χ1v) is 8.11. The van der Waals surface area contributed by atoms with Gasteiger partial charge in [0.25, 0.3) is 0 Å². The highest BCUT2D eigenvalue weighted by Crippen LogP contribution is 2.28. The normalized spacial score (nSPS) is 12.5. The first-order chi connectivity index (χ1) is 11.6. The molecule has 4 nitrogen and oxygen atoms in total. The number of rotatable bonds is 4. The average Bonchev–Trinajstić information content (AvgIpc) is 3.03. The fourth-order valence-corrected chi connectivity index (χ4v) is 2.87. The van der Waals surface area contributed by atoms with Crippen LogP contribution in [0.15, 0.2) is 47.5 Å². The second-order valence-corrected chi connectivity index (χ2v) is 6.25. The van der Waals surface area contributed by atoms with Crippen molar-refractivity contribution >= 4 is 17.5 Å². The topological polar surface area (TPSA) is 41.9 Å². The molecule has 3 rings (SSSR count). The third kappa shape index (κ3) is 3.48. The molecule has 1 aliphatic heterocycles. The molecule has 0 spiro atoms. The molecule has 0 radical (unpaired) electrons. The molecule has 2 aromatic carbocycles. The van der Waals surface area contributed by atoms with E-state index in [9.17, 15) is 4.79 Å². The smallest absolute Gasteiger partial charge is 0.337 e. The summed E-state index contributed by atoms with van der Waals surface area (Å²) >= 11 is 0. The number of hydrogen-bond donors (Lipinski definition) is 0. The van der Waals surface area contributed by atoms with Crippen LogP contribution < -0.4 is 0 Å². The molecule has 0 aromatic heterocycles. The van der Waals surface area contributed by atoms with Crippen LogP contribution in [0.3, 0.4) is 0 Å². The number of aliphatic imine (C=N–C) groups is 1. The Morgan fingerprint density at radius 3 is 2.42 bits per heavy atom. The van der Waals surface area contributed by atoms with Crippen molar-refractivity contribution < 1.29 is 9.53 Å². The van der Waals surface area contributed by atoms with Gasteiger partial charge < -0.3 is 9.64 Å². The highest BCUT2D eigenvalue weighted by atomic mass is 16.5. The van der Waals surface area contributed by atoms with Crippen LogP contribution >= 0.6 is 0 Å². The van der Waals surface area contributed by atoms with E-state index in [1.165, 1.54) is 23.8 Å². The molecule has 0 bridgehead atoms. The predicted molar refractivity (Wildman–Crippen MR) is 96.1 cm³/mol. The van der Waals surface area contributed by atoms with E-state index in [-0.39, 0.29) is 5.97 Å². The fraction of sp³-hybridized carbons (Fsp3) is 0.300. The molecule has 124 valence electrons. The Hall–Kier alpha value is -2.62. The van der Waals surface area contributed by atoms with Gasteiger partial charge in [0.1, 0.15) is 5.84 Å². The van der Waals surface area contributed by atoms with E-state index in [0.717, 1.165) is 30.8 Å². The minimum atomic E-state index is -0.295. The highest BCUT2D eigenvalue weighted by Gasteiger charge is 2.16. The van der Waals surface area contributed by atoms with Crippen LogP contribution in [0.4, 0.5) is 5.69 Å². The van der Waals surface area contributed by atoms with Crippen molar-refractivity contribution in [1.29, 1.82) is 0 Å². The molecule has 2 aromatic rings. The average molecular weight is 322 g/mol. The summed E-state index contributed by atoms with van der Waals surface area (Å²) < 4.78 is 4.72. The number of amidine groups is 1. The van der Waals surface area contributed by atoms with Gasteiger partial charge >= 0.3 is 5.97 Å². The highest BCUT2D eigenvalue weighted by molar-refractivity contribution is 5.92. The van der Waals surface area contributed by atoms with Crippen molar-refractivity contribution in [2.75, 3.05) is 21.2 Å². The Bertz CT molecular complexity index is 777. The third-order valence-electron chi connectivity index (χ3n) is 4.34. The maximum Gasteiger partial charge on any atom is 0.337 e. The zero-order valence-corrected chi connectivity index (χ0v) is 14.4. The molecule has 0 aliphatic carbocycles. The van der Waals surface area contributed by atoms with E-state index in [0.29, 0.717) is 5.56 Å². The number of esters is 1. The monoisotopic (exact) mass is 322 g/mol. The lowest BCUT2D eigenvalue weighted by atomic mass is 10.0. The summed E-state index contributed by atoms with van der Waals surface area (Å²) in [4.78, 5) is 18.2. The van der Waals surface area contributed by atoms with Crippen LogP contribution in [0.1, 0.15) is 27.0 Å². The van der Waals surface area contributed by atoms with Gasteiger partial charge in [-0.05, 0) is 47.7 Å². The Balaban J connectivity index is 1.63. The lowest BCUT2D eigenvalue weighted by Gasteiger charge is -2.10. The van der Waals surface area contributed by atoms with Crippen LogP contribution in [-0.2, 0) is 24.0 Å². The van der Waals surface area contributed by atoms with Gasteiger partial charge in [-0.15, -0.1) is 0 Å². The maximum atomic E-state index is 11.5. The van der Waals surface area contributed by atoms with Crippen molar-refractivity contribution in [1.82, 2.24) is 4.90 Å². The SMILES string of the molecule is COC(=O)c1ccc(CCc2ccc3c(c2)CC(N(C)C)=N3)cc1. The zero-order valence-electron chi connectivity index (χ0n) is 14.4. The Kier molecular flexibility index (Phi) is 4.65. The number of benzene rings is 2. The van der Waals surface area contributed by atoms with E-state index >= 15 is 0 Å². The number of carbonyl (C=O) groups is 1. The number of hydrogen-bond acceptors (Lipinski definition) is 4. The largest absolute Gasteiger partial charge is 0.465 e. The number of fused-ring (bicyclic) bond motifs is 1. The fourth-order valence-electron chi connectivity index (χ4n) is 2.87. The summed E-state index contributed by atoms with van der Waals surface area (Å²) in [7, 11) is 5.46. The number of ether oxygens (including phenoxy) is 1. The van der Waals surface area contributed by atoms with Gasteiger partial charge in [0.2, 0.25) is 0 Å². The van der Waals surface area contributed by atoms with Gasteiger partial charge in [0.15, 0.2) is 0 Å². The van der Waals surface area contributed by atoms with Crippen molar-refractivity contribution in [3.8, 4) is 0 Å². The molecule has 0 unspecified atom stereocenters. The molecule has 1 heterocycles. The maximum absolute atomic E-state index is 11.5.